The van der Waals surface area contributed by atoms with E-state index in [1.54, 1.807) is 0 Å². The fraction of sp³-hybridized carbons (Fsp3) is 0. The molecule has 42 valence electrons. The molecule has 0 aliphatic heterocycles. The van der Waals surface area contributed by atoms with Crippen molar-refractivity contribution in [2.75, 3.05) is 0 Å². The smallest absolute Gasteiger partial charge is 0 e. The van der Waals surface area contributed by atoms with Crippen LogP contribution in [0.15, 0.2) is 0 Å². The summed E-state index contributed by atoms with van der Waals surface area (Å²) in [6, 6.07) is 0. The van der Waals surface area contributed by atoms with E-state index in [0.717, 1.165) is 0 Å². The predicted molar refractivity (Wildman–Crippen MR) is 0 cm³/mol. The zero-order chi connectivity index (χ0) is 0. The molecule has 0 aromatic rings. The first-order valence-corrected chi connectivity index (χ1v) is 0. The second-order valence-electron chi connectivity index (χ2n) is 0. The molecule has 0 fully saturated rings. The minimum Gasteiger partial charge on any atom is 0 e. The summed E-state index contributed by atoms with van der Waals surface area (Å²) >= 11 is 0. The van der Waals surface area contributed by atoms with Crippen LogP contribution in [0.3, 0.4) is 0 Å². The topological polar surface area (TPSA) is 0 Å². The molecule has 0 spiro atoms. The van der Waals surface area contributed by atoms with Gasteiger partial charge < -0.3 is 0 Å². The van der Waals surface area contributed by atoms with Gasteiger partial charge in [0.2, 0.25) is 0 Å². The van der Waals surface area contributed by atoms with Gasteiger partial charge in [0.05, 0.1) is 0 Å². The quantitative estimate of drug-likeness (QED) is 0.317. The number of hydrogen-bond acceptors (Lipinski definition) is 0. The van der Waals surface area contributed by atoms with E-state index in [-0.39, 0.29) is 159 Å². The van der Waals surface area contributed by atoms with Gasteiger partial charge in [0.1, 0.15) is 0 Å². The van der Waals surface area contributed by atoms with Crippen LogP contribution >= 0.6 is 0 Å². The molecular weight excluding hydrogens is 678 g/mol. The van der Waals surface area contributed by atoms with Gasteiger partial charge in [0.15, 0.2) is 0 Å². The van der Waals surface area contributed by atoms with Crippen LogP contribution < -0.4 is 0 Å². The molecule has 0 rings (SSSR count). The zero-order valence-electron chi connectivity index (χ0n) is 1.73. The van der Waals surface area contributed by atoms with Crippen molar-refractivity contribution >= 4 is 0 Å². The van der Waals surface area contributed by atoms with E-state index in [1.807, 2.05) is 0 Å². The Labute approximate surface area is 154 Å². The van der Waals surface area contributed by atoms with Crippen LogP contribution in [0, 0.1) is 120 Å². The largest absolute Gasteiger partial charge is 0 e. The van der Waals surface area contributed by atoms with Crippen LogP contribution in [0.4, 0.5) is 0 Å². The predicted octanol–water partition coefficient (Wildman–Crippen LogP) is -0.00500. The number of rotatable bonds is 0. The van der Waals surface area contributed by atoms with E-state index >= 15 is 0 Å². The van der Waals surface area contributed by atoms with Gasteiger partial charge in [0, 0.05) is 159 Å². The van der Waals surface area contributed by atoms with Gasteiger partial charge in [-0.05, 0) is 0 Å². The van der Waals surface area contributed by atoms with E-state index in [0.29, 0.717) is 0 Å². The molecule has 0 unspecified atom stereocenters. The molecule has 5 heteroatoms. The van der Waals surface area contributed by atoms with Gasteiger partial charge in [-0.2, -0.15) is 0 Å². The van der Waals surface area contributed by atoms with E-state index in [4.69, 9.17) is 0 Å². The van der Waals surface area contributed by atoms with Crippen LogP contribution in [0.1, 0.15) is 0 Å². The van der Waals surface area contributed by atoms with Gasteiger partial charge in [0.25, 0.3) is 0 Å². The fourth-order valence-corrected chi connectivity index (χ4v) is 0. The Kier molecular flexibility index (Phi) is 146. The third-order valence-corrected chi connectivity index (χ3v) is 0. The minimum atomic E-state index is 0. The maximum Gasteiger partial charge on any atom is 0 e. The maximum absolute atomic E-state index is 0. The Morgan fingerprint density at radius 3 is 0.400 bits per heavy atom. The molecule has 0 amide bonds. The monoisotopic (exact) mass is 680 g/mol. The molecule has 0 nitrogen and oxygen atoms in total. The Balaban J connectivity index is 0. The van der Waals surface area contributed by atoms with Crippen molar-refractivity contribution in [3.63, 3.8) is 0 Å². The first kappa shape index (κ1) is 31.9. The van der Waals surface area contributed by atoms with Crippen LogP contribution in [0.2, 0.25) is 0 Å². The van der Waals surface area contributed by atoms with E-state index in [9.17, 15) is 0 Å². The van der Waals surface area contributed by atoms with Crippen LogP contribution in [0.25, 0.3) is 0 Å². The van der Waals surface area contributed by atoms with E-state index in [1.165, 1.54) is 0 Å². The van der Waals surface area contributed by atoms with Gasteiger partial charge in [-0.3, -0.25) is 0 Å². The van der Waals surface area contributed by atoms with Crippen molar-refractivity contribution in [3.05, 3.63) is 0 Å². The normalized spacial score (nSPS) is 0. The summed E-state index contributed by atoms with van der Waals surface area (Å²) in [5.74, 6) is 0. The summed E-state index contributed by atoms with van der Waals surface area (Å²) in [4.78, 5) is 0. The molecule has 0 atom stereocenters. The van der Waals surface area contributed by atoms with Gasteiger partial charge in [-0.1, -0.05) is 0 Å². The summed E-state index contributed by atoms with van der Waals surface area (Å²) in [5.41, 5.74) is 0. The summed E-state index contributed by atoms with van der Waals surface area (Å²) < 4.78 is 0. The second kappa shape index (κ2) is 22.9. The van der Waals surface area contributed by atoms with Crippen molar-refractivity contribution < 1.29 is 159 Å². The van der Waals surface area contributed by atoms with Crippen LogP contribution in [-0.2, 0) is 39.0 Å². The molecule has 0 bridgehead atoms. The molecule has 5 heavy (non-hydrogen) atoms. The van der Waals surface area contributed by atoms with E-state index < -0.39 is 0 Å². The number of hydrogen-bond donors (Lipinski definition) is 0. The van der Waals surface area contributed by atoms with Crippen molar-refractivity contribution in [2.24, 2.45) is 0 Å². The van der Waals surface area contributed by atoms with Crippen LogP contribution in [-0.4, -0.2) is 0 Å². The molecule has 0 saturated heterocycles. The van der Waals surface area contributed by atoms with Gasteiger partial charge >= 0.3 is 0 Å². The molecular formula is Gd3Rh2. The summed E-state index contributed by atoms with van der Waals surface area (Å²) in [7, 11) is 0. The molecule has 0 aromatic carbocycles. The fourth-order valence-electron chi connectivity index (χ4n) is 0. The third kappa shape index (κ3) is 17.6. The molecule has 0 aliphatic rings. The Morgan fingerprint density at radius 1 is 0.400 bits per heavy atom. The molecule has 0 aliphatic carbocycles. The standard InChI is InChI=1S/3Gd.2Rh. The maximum atomic E-state index is 0. The van der Waals surface area contributed by atoms with Crippen molar-refractivity contribution in [2.45, 2.75) is 0 Å². The van der Waals surface area contributed by atoms with Crippen molar-refractivity contribution in [1.82, 2.24) is 0 Å². The molecule has 0 N–H and O–H groups in total. The average Bonchev–Trinajstić information content (AvgIpc) is 0. The summed E-state index contributed by atoms with van der Waals surface area (Å²) in [6.07, 6.45) is 0. The van der Waals surface area contributed by atoms with Crippen LogP contribution in [0.5, 0.6) is 0 Å². The SMILES string of the molecule is [Gd].[Gd].[Gd].[Rh].[Rh]. The Bertz CT molecular complexity index is 4.85. The first-order chi connectivity index (χ1) is 0. The van der Waals surface area contributed by atoms with Crippen molar-refractivity contribution in [1.29, 1.82) is 0 Å². The van der Waals surface area contributed by atoms with Gasteiger partial charge in [-0.15, -0.1) is 0 Å². The Hall–Kier alpha value is 5.22. The first-order valence-electron chi connectivity index (χ1n) is 0. The summed E-state index contributed by atoms with van der Waals surface area (Å²) in [5, 5.41) is 0. The average molecular weight is 678 g/mol. The molecule has 0 saturated carbocycles. The molecule has 0 aromatic heterocycles. The Morgan fingerprint density at radius 2 is 0.400 bits per heavy atom. The van der Waals surface area contributed by atoms with Gasteiger partial charge in [-0.25, -0.2) is 0 Å². The molecule has 0 heterocycles. The second-order valence-corrected chi connectivity index (χ2v) is 0. The third-order valence-electron chi connectivity index (χ3n) is 0. The van der Waals surface area contributed by atoms with Crippen molar-refractivity contribution in [3.8, 4) is 0 Å². The van der Waals surface area contributed by atoms with E-state index in [2.05, 4.69) is 0 Å². The summed E-state index contributed by atoms with van der Waals surface area (Å²) in [6.45, 7) is 0. The minimum absolute atomic E-state index is 0. The molecule has 2 radical (unpaired) electrons. The zero-order valence-corrected chi connectivity index (χ0v) is 11.8.